The van der Waals surface area contributed by atoms with E-state index in [4.69, 9.17) is 9.47 Å². The Morgan fingerprint density at radius 1 is 0.939 bits per heavy atom. The van der Waals surface area contributed by atoms with Crippen molar-refractivity contribution in [3.63, 3.8) is 0 Å². The van der Waals surface area contributed by atoms with Crippen molar-refractivity contribution in [2.24, 2.45) is 0 Å². The molecule has 1 fully saturated rings. The molecule has 1 N–H and O–H groups in total. The molecule has 6 heteroatoms. The van der Waals surface area contributed by atoms with Crippen molar-refractivity contribution in [1.82, 2.24) is 4.90 Å². The Morgan fingerprint density at radius 3 is 2.33 bits per heavy atom. The Bertz CT molecular complexity index is 1180. The summed E-state index contributed by atoms with van der Waals surface area (Å²) < 4.78 is 10.8. The summed E-state index contributed by atoms with van der Waals surface area (Å²) in [5, 5.41) is 11.2. The quantitative estimate of drug-likeness (QED) is 0.325. The molecule has 3 aromatic rings. The molecule has 1 unspecified atom stereocenters. The van der Waals surface area contributed by atoms with E-state index in [0.29, 0.717) is 29.2 Å². The molecule has 0 spiro atoms. The van der Waals surface area contributed by atoms with Gasteiger partial charge >= 0.3 is 0 Å². The van der Waals surface area contributed by atoms with E-state index in [1.165, 1.54) is 4.90 Å². The second kappa shape index (κ2) is 9.61. The molecule has 0 saturated carbocycles. The SMILES string of the molecule is CCOc1cccc(C(O)=C2C(=O)C(=O)N(Cc3ccccc3)C2c2ccc(OC)cc2)c1. The van der Waals surface area contributed by atoms with Gasteiger partial charge in [0.05, 0.1) is 25.3 Å². The lowest BCUT2D eigenvalue weighted by Gasteiger charge is -2.25. The zero-order valence-corrected chi connectivity index (χ0v) is 18.5. The number of hydrogen-bond donors (Lipinski definition) is 1. The summed E-state index contributed by atoms with van der Waals surface area (Å²) in [6, 6.07) is 22.7. The molecular weight excluding hydrogens is 418 g/mol. The Morgan fingerprint density at radius 2 is 1.67 bits per heavy atom. The number of ether oxygens (including phenoxy) is 2. The number of Topliss-reactive ketones (excluding diaryl/α,β-unsaturated/α-hetero) is 1. The number of nitrogens with zero attached hydrogens (tertiary/aromatic N) is 1. The van der Waals surface area contributed by atoms with Gasteiger partial charge in [-0.2, -0.15) is 0 Å². The second-order valence-corrected chi connectivity index (χ2v) is 7.65. The van der Waals surface area contributed by atoms with Gasteiger partial charge in [-0.1, -0.05) is 54.6 Å². The fraction of sp³-hybridized carbons (Fsp3) is 0.185. The summed E-state index contributed by atoms with van der Waals surface area (Å²) in [6.45, 7) is 2.57. The Labute approximate surface area is 192 Å². The zero-order chi connectivity index (χ0) is 23.4. The summed E-state index contributed by atoms with van der Waals surface area (Å²) in [5.41, 5.74) is 2.05. The van der Waals surface area contributed by atoms with Crippen LogP contribution >= 0.6 is 0 Å². The average molecular weight is 443 g/mol. The first-order chi connectivity index (χ1) is 16.0. The van der Waals surface area contributed by atoms with Crippen LogP contribution in [0.2, 0.25) is 0 Å². The van der Waals surface area contributed by atoms with Crippen molar-refractivity contribution in [2.75, 3.05) is 13.7 Å². The number of likely N-dealkylation sites (tertiary alicyclic amines) is 1. The Hall–Kier alpha value is -4.06. The maximum absolute atomic E-state index is 13.2. The van der Waals surface area contributed by atoms with Crippen LogP contribution in [0.25, 0.3) is 5.76 Å². The highest BCUT2D eigenvalue weighted by atomic mass is 16.5. The molecule has 1 aliphatic heterocycles. The molecule has 1 saturated heterocycles. The predicted octanol–water partition coefficient (Wildman–Crippen LogP) is 4.72. The van der Waals surface area contributed by atoms with Crippen molar-refractivity contribution >= 4 is 17.4 Å². The number of carbonyl (C=O) groups excluding carboxylic acids is 2. The number of amides is 1. The summed E-state index contributed by atoms with van der Waals surface area (Å²) in [7, 11) is 1.57. The number of benzene rings is 3. The van der Waals surface area contributed by atoms with Gasteiger partial charge in [0.25, 0.3) is 11.7 Å². The van der Waals surface area contributed by atoms with Crippen LogP contribution in [0.1, 0.15) is 29.7 Å². The van der Waals surface area contributed by atoms with Crippen LogP contribution in [0, 0.1) is 0 Å². The summed E-state index contributed by atoms with van der Waals surface area (Å²) in [5.74, 6) is -0.372. The lowest BCUT2D eigenvalue weighted by molar-refractivity contribution is -0.140. The van der Waals surface area contributed by atoms with Gasteiger partial charge in [-0.3, -0.25) is 9.59 Å². The number of aliphatic hydroxyl groups is 1. The minimum absolute atomic E-state index is 0.0507. The average Bonchev–Trinajstić information content (AvgIpc) is 3.09. The van der Waals surface area contributed by atoms with Crippen LogP contribution in [0.4, 0.5) is 0 Å². The molecule has 6 nitrogen and oxygen atoms in total. The van der Waals surface area contributed by atoms with Gasteiger partial charge in [0, 0.05) is 12.1 Å². The minimum atomic E-state index is -0.744. The van der Waals surface area contributed by atoms with Crippen LogP contribution in [0.3, 0.4) is 0 Å². The van der Waals surface area contributed by atoms with E-state index in [1.54, 1.807) is 55.6 Å². The fourth-order valence-electron chi connectivity index (χ4n) is 4.01. The van der Waals surface area contributed by atoms with Crippen molar-refractivity contribution in [1.29, 1.82) is 0 Å². The van der Waals surface area contributed by atoms with E-state index in [0.717, 1.165) is 5.56 Å². The van der Waals surface area contributed by atoms with Crippen LogP contribution < -0.4 is 9.47 Å². The second-order valence-electron chi connectivity index (χ2n) is 7.65. The maximum Gasteiger partial charge on any atom is 0.295 e. The lowest BCUT2D eigenvalue weighted by atomic mass is 9.95. The van der Waals surface area contributed by atoms with Gasteiger partial charge in [-0.05, 0) is 42.3 Å². The van der Waals surface area contributed by atoms with Gasteiger partial charge in [0.1, 0.15) is 17.3 Å². The molecule has 1 amide bonds. The summed E-state index contributed by atoms with van der Waals surface area (Å²) in [4.78, 5) is 27.8. The fourth-order valence-corrected chi connectivity index (χ4v) is 4.01. The van der Waals surface area contributed by atoms with Gasteiger partial charge in [0.15, 0.2) is 0 Å². The normalized spacial score (nSPS) is 17.3. The van der Waals surface area contributed by atoms with E-state index in [1.807, 2.05) is 37.3 Å². The van der Waals surface area contributed by atoms with Gasteiger partial charge in [-0.15, -0.1) is 0 Å². The molecule has 0 aromatic heterocycles. The van der Waals surface area contributed by atoms with Crippen molar-refractivity contribution in [2.45, 2.75) is 19.5 Å². The highest BCUT2D eigenvalue weighted by Gasteiger charge is 2.46. The molecule has 1 aliphatic rings. The van der Waals surface area contributed by atoms with E-state index in [2.05, 4.69) is 0 Å². The first-order valence-electron chi connectivity index (χ1n) is 10.7. The molecule has 1 atom stereocenters. The van der Waals surface area contributed by atoms with E-state index in [9.17, 15) is 14.7 Å². The summed E-state index contributed by atoms with van der Waals surface area (Å²) in [6.07, 6.45) is 0. The van der Waals surface area contributed by atoms with Crippen LogP contribution in [0.5, 0.6) is 11.5 Å². The first-order valence-corrected chi connectivity index (χ1v) is 10.7. The van der Waals surface area contributed by atoms with Crippen molar-refractivity contribution < 1.29 is 24.2 Å². The van der Waals surface area contributed by atoms with Gasteiger partial charge < -0.3 is 19.5 Å². The number of aliphatic hydroxyl groups excluding tert-OH is 1. The highest BCUT2D eigenvalue weighted by molar-refractivity contribution is 6.46. The topological polar surface area (TPSA) is 76.1 Å². The van der Waals surface area contributed by atoms with Gasteiger partial charge in [-0.25, -0.2) is 0 Å². The Balaban J connectivity index is 1.84. The monoisotopic (exact) mass is 443 g/mol. The number of rotatable bonds is 7. The minimum Gasteiger partial charge on any atom is -0.507 e. The van der Waals surface area contributed by atoms with Crippen LogP contribution in [-0.4, -0.2) is 35.4 Å². The third kappa shape index (κ3) is 4.46. The van der Waals surface area contributed by atoms with Crippen molar-refractivity contribution in [3.8, 4) is 11.5 Å². The molecule has 33 heavy (non-hydrogen) atoms. The van der Waals surface area contributed by atoms with Crippen molar-refractivity contribution in [3.05, 3.63) is 101 Å². The van der Waals surface area contributed by atoms with E-state index >= 15 is 0 Å². The van der Waals surface area contributed by atoms with Crippen LogP contribution in [0.15, 0.2) is 84.4 Å². The number of carbonyl (C=O) groups is 2. The molecule has 4 rings (SSSR count). The Kier molecular flexibility index (Phi) is 6.45. The van der Waals surface area contributed by atoms with E-state index < -0.39 is 17.7 Å². The standard InChI is InChI=1S/C27H25NO5/c1-3-33-22-11-7-10-20(16-22)25(29)23-24(19-12-14-21(32-2)15-13-19)28(27(31)26(23)30)17-18-8-5-4-6-9-18/h4-16,24,29H,3,17H2,1-2H3. The number of hydrogen-bond acceptors (Lipinski definition) is 5. The number of ketones is 1. The van der Waals surface area contributed by atoms with Crippen LogP contribution in [-0.2, 0) is 16.1 Å². The highest BCUT2D eigenvalue weighted by Crippen LogP contribution is 2.41. The molecule has 168 valence electrons. The lowest BCUT2D eigenvalue weighted by Crippen LogP contribution is -2.29. The third-order valence-electron chi connectivity index (χ3n) is 5.59. The summed E-state index contributed by atoms with van der Waals surface area (Å²) >= 11 is 0. The zero-order valence-electron chi connectivity index (χ0n) is 18.5. The van der Waals surface area contributed by atoms with E-state index in [-0.39, 0.29) is 17.9 Å². The molecule has 0 radical (unpaired) electrons. The molecular formula is C27H25NO5. The largest absolute Gasteiger partial charge is 0.507 e. The molecule has 0 bridgehead atoms. The predicted molar refractivity (Wildman–Crippen MR) is 125 cm³/mol. The first kappa shape index (κ1) is 22.1. The molecule has 0 aliphatic carbocycles. The smallest absolute Gasteiger partial charge is 0.295 e. The molecule has 1 heterocycles. The number of methoxy groups -OCH3 is 1. The third-order valence-corrected chi connectivity index (χ3v) is 5.59. The maximum atomic E-state index is 13.2. The van der Waals surface area contributed by atoms with Gasteiger partial charge in [0.2, 0.25) is 0 Å². The molecule has 3 aromatic carbocycles.